The number of nitrogens with one attached hydrogen (secondary N) is 2. The lowest BCUT2D eigenvalue weighted by Gasteiger charge is -2.01. The fourth-order valence-corrected chi connectivity index (χ4v) is 1.97. The van der Waals surface area contributed by atoms with Crippen LogP contribution >= 0.6 is 11.8 Å². The van der Waals surface area contributed by atoms with Crippen LogP contribution in [0.1, 0.15) is 16.3 Å². The molecule has 2 rings (SSSR count). The summed E-state index contributed by atoms with van der Waals surface area (Å²) in [6.45, 7) is -0.196. The van der Waals surface area contributed by atoms with E-state index in [2.05, 4.69) is 25.2 Å². The number of carbonyl (C=O) groups is 2. The molecule has 1 amide bonds. The van der Waals surface area contributed by atoms with Gasteiger partial charge in [0.05, 0.1) is 12.9 Å². The zero-order chi connectivity index (χ0) is 14.4. The summed E-state index contributed by atoms with van der Waals surface area (Å²) in [5.41, 5.74) is 0. The van der Waals surface area contributed by atoms with E-state index in [1.165, 1.54) is 25.2 Å². The third-order valence-electron chi connectivity index (χ3n) is 2.25. The second-order valence-electron chi connectivity index (χ2n) is 3.60. The number of furan rings is 1. The Kier molecular flexibility index (Phi) is 4.77. The van der Waals surface area contributed by atoms with Gasteiger partial charge in [-0.05, 0) is 12.1 Å². The molecule has 0 aliphatic carbocycles. The second-order valence-corrected chi connectivity index (χ2v) is 4.57. The van der Waals surface area contributed by atoms with Gasteiger partial charge < -0.3 is 14.5 Å². The minimum absolute atomic E-state index is 0.141. The van der Waals surface area contributed by atoms with E-state index in [4.69, 9.17) is 4.42 Å². The molecule has 8 nitrogen and oxygen atoms in total. The number of hydrogen-bond donors (Lipinski definition) is 2. The Morgan fingerprint density at radius 2 is 2.35 bits per heavy atom. The molecule has 0 unspecified atom stereocenters. The molecular formula is C11H12N4O4S. The molecule has 2 aromatic heterocycles. The van der Waals surface area contributed by atoms with Crippen molar-refractivity contribution in [1.82, 2.24) is 20.5 Å². The Hall–Kier alpha value is -2.29. The van der Waals surface area contributed by atoms with E-state index in [1.807, 2.05) is 0 Å². The predicted octanol–water partition coefficient (Wildman–Crippen LogP) is 0.593. The van der Waals surface area contributed by atoms with Gasteiger partial charge in [-0.1, -0.05) is 11.8 Å². The van der Waals surface area contributed by atoms with E-state index >= 15 is 0 Å². The van der Waals surface area contributed by atoms with E-state index in [0.29, 0.717) is 16.7 Å². The highest BCUT2D eigenvalue weighted by Gasteiger charge is 2.13. The first-order valence-electron chi connectivity index (χ1n) is 5.61. The molecule has 0 atom stereocenters. The number of aromatic nitrogens is 3. The van der Waals surface area contributed by atoms with Crippen molar-refractivity contribution in [3.05, 3.63) is 30.0 Å². The first-order chi connectivity index (χ1) is 9.69. The predicted molar refractivity (Wildman–Crippen MR) is 69.0 cm³/mol. The molecule has 0 saturated heterocycles. The molecule has 0 saturated carbocycles. The Labute approximate surface area is 118 Å². The number of amides is 1. The van der Waals surface area contributed by atoms with Crippen molar-refractivity contribution in [2.24, 2.45) is 0 Å². The highest BCUT2D eigenvalue weighted by molar-refractivity contribution is 7.98. The van der Waals surface area contributed by atoms with Crippen LogP contribution in [0.2, 0.25) is 0 Å². The Bertz CT molecular complexity index is 581. The van der Waals surface area contributed by atoms with Crippen LogP contribution in [0.4, 0.5) is 0 Å². The fraction of sp³-hybridized carbons (Fsp3) is 0.273. The fourth-order valence-electron chi connectivity index (χ4n) is 1.29. The first-order valence-corrected chi connectivity index (χ1v) is 6.59. The number of carbonyl (C=O) groups excluding carboxylic acids is 2. The minimum atomic E-state index is -0.522. The maximum Gasteiger partial charge on any atom is 0.325 e. The van der Waals surface area contributed by atoms with Crippen molar-refractivity contribution in [1.29, 1.82) is 0 Å². The van der Waals surface area contributed by atoms with Gasteiger partial charge >= 0.3 is 5.97 Å². The molecule has 9 heteroatoms. The van der Waals surface area contributed by atoms with Crippen molar-refractivity contribution >= 4 is 23.6 Å². The van der Waals surface area contributed by atoms with Crippen LogP contribution in [0.5, 0.6) is 0 Å². The largest absolute Gasteiger partial charge is 0.468 e. The normalized spacial score (nSPS) is 10.2. The van der Waals surface area contributed by atoms with Gasteiger partial charge in [0.15, 0.2) is 10.9 Å². The molecule has 2 aromatic rings. The van der Waals surface area contributed by atoms with E-state index in [-0.39, 0.29) is 12.3 Å². The zero-order valence-electron chi connectivity index (χ0n) is 10.6. The average Bonchev–Trinajstić information content (AvgIpc) is 3.12. The van der Waals surface area contributed by atoms with Gasteiger partial charge in [0, 0.05) is 0 Å². The monoisotopic (exact) mass is 296 g/mol. The lowest BCUT2D eigenvalue weighted by atomic mass is 10.4. The Morgan fingerprint density at radius 1 is 1.50 bits per heavy atom. The highest BCUT2D eigenvalue weighted by Crippen LogP contribution is 2.19. The summed E-state index contributed by atoms with van der Waals surface area (Å²) in [6.07, 6.45) is 1.41. The number of H-pyrrole nitrogens is 1. The number of hydrogen-bond acceptors (Lipinski definition) is 7. The van der Waals surface area contributed by atoms with Crippen molar-refractivity contribution in [2.75, 3.05) is 13.7 Å². The summed E-state index contributed by atoms with van der Waals surface area (Å²) in [7, 11) is 1.25. The summed E-state index contributed by atoms with van der Waals surface area (Å²) in [5.74, 6) is 0.286. The molecular weight excluding hydrogens is 284 g/mol. The third kappa shape index (κ3) is 3.85. The van der Waals surface area contributed by atoms with Crippen molar-refractivity contribution in [2.45, 2.75) is 10.9 Å². The molecule has 0 spiro atoms. The van der Waals surface area contributed by atoms with Gasteiger partial charge in [0.2, 0.25) is 0 Å². The molecule has 0 fully saturated rings. The molecule has 2 heterocycles. The number of methoxy groups -OCH3 is 1. The van der Waals surface area contributed by atoms with E-state index < -0.39 is 11.9 Å². The molecule has 0 aromatic carbocycles. The van der Waals surface area contributed by atoms with Crippen molar-refractivity contribution in [3.63, 3.8) is 0 Å². The second kappa shape index (κ2) is 6.75. The standard InChI is InChI=1S/C11H12N4O4S/c1-18-9(16)4-12-10(17)8-3-2-7(19-8)5-20-11-13-6-14-15-11/h2-3,6H,4-5H2,1H3,(H,12,17)(H,13,14,15). The lowest BCUT2D eigenvalue weighted by Crippen LogP contribution is -2.29. The minimum Gasteiger partial charge on any atom is -0.468 e. The van der Waals surface area contributed by atoms with Crippen molar-refractivity contribution < 1.29 is 18.7 Å². The SMILES string of the molecule is COC(=O)CNC(=O)c1ccc(CSc2ncn[nH]2)o1. The molecule has 20 heavy (non-hydrogen) atoms. The highest BCUT2D eigenvalue weighted by atomic mass is 32.2. The van der Waals surface area contributed by atoms with E-state index in [1.54, 1.807) is 12.1 Å². The van der Waals surface area contributed by atoms with Crippen molar-refractivity contribution in [3.8, 4) is 0 Å². The molecule has 106 valence electrons. The number of aromatic amines is 1. The molecule has 0 aliphatic rings. The molecule has 0 bridgehead atoms. The van der Waals surface area contributed by atoms with Crippen LogP contribution in [0, 0.1) is 0 Å². The molecule has 0 aliphatic heterocycles. The van der Waals surface area contributed by atoms with Crippen LogP contribution in [0.3, 0.4) is 0 Å². The van der Waals surface area contributed by atoms with Crippen LogP contribution in [-0.4, -0.2) is 40.7 Å². The van der Waals surface area contributed by atoms with Gasteiger partial charge in [0.1, 0.15) is 18.6 Å². The topological polar surface area (TPSA) is 110 Å². The molecule has 0 radical (unpaired) electrons. The Morgan fingerprint density at radius 3 is 3.05 bits per heavy atom. The third-order valence-corrected chi connectivity index (χ3v) is 3.15. The smallest absolute Gasteiger partial charge is 0.325 e. The molecule has 2 N–H and O–H groups in total. The van der Waals surface area contributed by atoms with E-state index in [9.17, 15) is 9.59 Å². The van der Waals surface area contributed by atoms with Crippen LogP contribution in [0.25, 0.3) is 0 Å². The number of ether oxygens (including phenoxy) is 1. The van der Waals surface area contributed by atoms with Gasteiger partial charge in [-0.25, -0.2) is 4.98 Å². The zero-order valence-corrected chi connectivity index (χ0v) is 11.4. The van der Waals surface area contributed by atoms with E-state index in [0.717, 1.165) is 0 Å². The van der Waals surface area contributed by atoms with Gasteiger partial charge in [0.25, 0.3) is 5.91 Å². The van der Waals surface area contributed by atoms with Gasteiger partial charge in [-0.2, -0.15) is 5.10 Å². The average molecular weight is 296 g/mol. The Balaban J connectivity index is 1.85. The van der Waals surface area contributed by atoms with Crippen LogP contribution in [0.15, 0.2) is 28.0 Å². The maximum absolute atomic E-state index is 11.7. The quantitative estimate of drug-likeness (QED) is 0.593. The van der Waals surface area contributed by atoms with Gasteiger partial charge in [-0.3, -0.25) is 14.7 Å². The number of esters is 1. The maximum atomic E-state index is 11.7. The number of nitrogens with zero attached hydrogens (tertiary/aromatic N) is 2. The van der Waals surface area contributed by atoms with Gasteiger partial charge in [-0.15, -0.1) is 0 Å². The summed E-state index contributed by atoms with van der Waals surface area (Å²) >= 11 is 1.40. The lowest BCUT2D eigenvalue weighted by molar-refractivity contribution is -0.139. The summed E-state index contributed by atoms with van der Waals surface area (Å²) < 4.78 is 9.78. The summed E-state index contributed by atoms with van der Waals surface area (Å²) in [5, 5.41) is 9.48. The number of thioether (sulfide) groups is 1. The van der Waals surface area contributed by atoms with Crippen LogP contribution < -0.4 is 5.32 Å². The summed E-state index contributed by atoms with van der Waals surface area (Å²) in [6, 6.07) is 3.24. The van der Waals surface area contributed by atoms with Crippen LogP contribution in [-0.2, 0) is 15.3 Å². The number of rotatable bonds is 6. The summed E-state index contributed by atoms with van der Waals surface area (Å²) in [4.78, 5) is 26.5. The first kappa shape index (κ1) is 14.1.